The molecule has 0 saturated heterocycles. The Balaban J connectivity index is 2.62. The average Bonchev–Trinajstić information content (AvgIpc) is 2.19. The van der Waals surface area contributed by atoms with Crippen LogP contribution in [0.4, 0.5) is 5.69 Å². The van der Waals surface area contributed by atoms with Crippen molar-refractivity contribution >= 4 is 17.4 Å². The van der Waals surface area contributed by atoms with Gasteiger partial charge < -0.3 is 15.9 Å². The van der Waals surface area contributed by atoms with Crippen LogP contribution >= 0.6 is 11.8 Å². The van der Waals surface area contributed by atoms with Crippen molar-refractivity contribution in [2.45, 2.75) is 17.9 Å². The number of nitrogen functional groups attached to an aromatic ring is 1. The van der Waals surface area contributed by atoms with Crippen LogP contribution in [0.1, 0.15) is 5.56 Å². The predicted molar refractivity (Wildman–Crippen MR) is 59.4 cm³/mol. The highest BCUT2D eigenvalue weighted by atomic mass is 32.2. The molecule has 1 aromatic rings. The molecule has 0 fully saturated rings. The zero-order chi connectivity index (χ0) is 10.6. The van der Waals surface area contributed by atoms with E-state index in [-0.39, 0.29) is 6.61 Å². The minimum atomic E-state index is -0.681. The van der Waals surface area contributed by atoms with Crippen molar-refractivity contribution in [1.29, 1.82) is 0 Å². The van der Waals surface area contributed by atoms with Crippen LogP contribution in [0.3, 0.4) is 0 Å². The first-order chi connectivity index (χ1) is 6.63. The van der Waals surface area contributed by atoms with E-state index < -0.39 is 6.10 Å². The average molecular weight is 213 g/mol. The SMILES string of the molecule is Cc1ccc(N)c(SCC(O)CO)c1. The normalized spacial score (nSPS) is 12.8. The van der Waals surface area contributed by atoms with Crippen molar-refractivity contribution in [3.8, 4) is 0 Å². The summed E-state index contributed by atoms with van der Waals surface area (Å²) in [5, 5.41) is 17.8. The van der Waals surface area contributed by atoms with Crippen molar-refractivity contribution in [1.82, 2.24) is 0 Å². The number of anilines is 1. The summed E-state index contributed by atoms with van der Waals surface area (Å²) in [7, 11) is 0. The summed E-state index contributed by atoms with van der Waals surface area (Å²) >= 11 is 1.46. The molecule has 0 aromatic heterocycles. The Kier molecular flexibility index (Phi) is 4.25. The number of hydrogen-bond donors (Lipinski definition) is 3. The van der Waals surface area contributed by atoms with Crippen LogP contribution in [-0.2, 0) is 0 Å². The number of aliphatic hydroxyl groups excluding tert-OH is 2. The van der Waals surface area contributed by atoms with E-state index in [0.29, 0.717) is 11.4 Å². The van der Waals surface area contributed by atoms with Gasteiger partial charge in [0, 0.05) is 16.3 Å². The summed E-state index contributed by atoms with van der Waals surface area (Å²) in [6.07, 6.45) is -0.681. The highest BCUT2D eigenvalue weighted by Gasteiger charge is 2.05. The molecule has 0 aliphatic carbocycles. The van der Waals surface area contributed by atoms with Crippen LogP contribution in [0.2, 0.25) is 0 Å². The Morgan fingerprint density at radius 3 is 2.86 bits per heavy atom. The van der Waals surface area contributed by atoms with Gasteiger partial charge in [-0.25, -0.2) is 0 Å². The molecule has 0 aliphatic rings. The van der Waals surface area contributed by atoms with Gasteiger partial charge in [0.15, 0.2) is 0 Å². The van der Waals surface area contributed by atoms with Gasteiger partial charge in [-0.3, -0.25) is 0 Å². The molecule has 1 aromatic carbocycles. The molecule has 0 spiro atoms. The Bertz CT molecular complexity index is 304. The summed E-state index contributed by atoms with van der Waals surface area (Å²) in [4.78, 5) is 0.956. The van der Waals surface area contributed by atoms with Crippen LogP contribution in [0.5, 0.6) is 0 Å². The van der Waals surface area contributed by atoms with E-state index in [4.69, 9.17) is 15.9 Å². The highest BCUT2D eigenvalue weighted by molar-refractivity contribution is 7.99. The van der Waals surface area contributed by atoms with Crippen LogP contribution in [0, 0.1) is 6.92 Å². The highest BCUT2D eigenvalue weighted by Crippen LogP contribution is 2.26. The van der Waals surface area contributed by atoms with Gasteiger partial charge in [-0.15, -0.1) is 11.8 Å². The molecular weight excluding hydrogens is 198 g/mol. The first kappa shape index (κ1) is 11.4. The summed E-state index contributed by atoms with van der Waals surface area (Å²) in [6.45, 7) is 1.78. The van der Waals surface area contributed by atoms with Crippen LogP contribution in [0.25, 0.3) is 0 Å². The number of benzene rings is 1. The van der Waals surface area contributed by atoms with Gasteiger partial charge in [0.25, 0.3) is 0 Å². The van der Waals surface area contributed by atoms with Crippen molar-refractivity contribution in [2.24, 2.45) is 0 Å². The van der Waals surface area contributed by atoms with Gasteiger partial charge in [0.2, 0.25) is 0 Å². The maximum Gasteiger partial charge on any atom is 0.0864 e. The molecule has 0 aliphatic heterocycles. The molecule has 1 rings (SSSR count). The molecular formula is C10H15NO2S. The van der Waals surface area contributed by atoms with Gasteiger partial charge >= 0.3 is 0 Å². The quantitative estimate of drug-likeness (QED) is 0.516. The lowest BCUT2D eigenvalue weighted by Crippen LogP contribution is -2.14. The second-order valence-corrected chi connectivity index (χ2v) is 4.25. The van der Waals surface area contributed by atoms with Gasteiger partial charge in [-0.2, -0.15) is 0 Å². The Hall–Kier alpha value is -0.710. The first-order valence-electron chi connectivity index (χ1n) is 4.41. The molecule has 0 bridgehead atoms. The molecule has 1 atom stereocenters. The molecule has 0 radical (unpaired) electrons. The second kappa shape index (κ2) is 5.24. The van der Waals surface area contributed by atoms with Crippen molar-refractivity contribution in [2.75, 3.05) is 18.1 Å². The zero-order valence-electron chi connectivity index (χ0n) is 8.10. The van der Waals surface area contributed by atoms with Gasteiger partial charge in [0.05, 0.1) is 12.7 Å². The maximum atomic E-state index is 9.17. The molecule has 78 valence electrons. The lowest BCUT2D eigenvalue weighted by molar-refractivity contribution is 0.113. The molecule has 0 amide bonds. The summed E-state index contributed by atoms with van der Waals surface area (Å²) < 4.78 is 0. The largest absolute Gasteiger partial charge is 0.398 e. The number of aryl methyl sites for hydroxylation is 1. The predicted octanol–water partition coefficient (Wildman–Crippen LogP) is 1.02. The molecule has 1 unspecified atom stereocenters. The number of thioether (sulfide) groups is 1. The first-order valence-corrected chi connectivity index (χ1v) is 5.40. The lowest BCUT2D eigenvalue weighted by atomic mass is 10.2. The Morgan fingerprint density at radius 2 is 2.21 bits per heavy atom. The van der Waals surface area contributed by atoms with E-state index in [1.165, 1.54) is 11.8 Å². The van der Waals surface area contributed by atoms with Crippen LogP contribution < -0.4 is 5.73 Å². The van der Waals surface area contributed by atoms with Gasteiger partial charge in [-0.1, -0.05) is 6.07 Å². The third-order valence-corrected chi connectivity index (χ3v) is 3.03. The van der Waals surface area contributed by atoms with Crippen LogP contribution in [-0.4, -0.2) is 28.7 Å². The molecule has 3 nitrogen and oxygen atoms in total. The molecule has 0 heterocycles. The van der Waals surface area contributed by atoms with E-state index in [9.17, 15) is 0 Å². The number of hydrogen-bond acceptors (Lipinski definition) is 4. The molecule has 0 saturated carbocycles. The van der Waals surface area contributed by atoms with E-state index in [2.05, 4.69) is 0 Å². The summed E-state index contributed by atoms with van der Waals surface area (Å²) in [5.74, 6) is 0.462. The molecule has 14 heavy (non-hydrogen) atoms. The molecule has 4 heteroatoms. The second-order valence-electron chi connectivity index (χ2n) is 3.19. The topological polar surface area (TPSA) is 66.5 Å². The van der Waals surface area contributed by atoms with E-state index in [1.807, 2.05) is 25.1 Å². The van der Waals surface area contributed by atoms with Crippen LogP contribution in [0.15, 0.2) is 23.1 Å². The van der Waals surface area contributed by atoms with Crippen molar-refractivity contribution in [3.63, 3.8) is 0 Å². The third-order valence-electron chi connectivity index (χ3n) is 1.81. The minimum Gasteiger partial charge on any atom is -0.398 e. The maximum absolute atomic E-state index is 9.17. The van der Waals surface area contributed by atoms with E-state index in [1.54, 1.807) is 0 Å². The van der Waals surface area contributed by atoms with Gasteiger partial charge in [-0.05, 0) is 24.6 Å². The summed E-state index contributed by atoms with van der Waals surface area (Å²) in [6, 6.07) is 5.77. The number of rotatable bonds is 4. The van der Waals surface area contributed by atoms with E-state index >= 15 is 0 Å². The fourth-order valence-electron chi connectivity index (χ4n) is 1.01. The Morgan fingerprint density at radius 1 is 1.50 bits per heavy atom. The summed E-state index contributed by atoms with van der Waals surface area (Å²) in [5.41, 5.74) is 7.60. The third kappa shape index (κ3) is 3.21. The minimum absolute atomic E-state index is 0.210. The smallest absolute Gasteiger partial charge is 0.0864 e. The lowest BCUT2D eigenvalue weighted by Gasteiger charge is -2.09. The standard InChI is InChI=1S/C10H15NO2S/c1-7-2-3-9(11)10(4-7)14-6-8(13)5-12/h2-4,8,12-13H,5-6,11H2,1H3. The fraction of sp³-hybridized carbons (Fsp3) is 0.400. The van der Waals surface area contributed by atoms with E-state index in [0.717, 1.165) is 10.5 Å². The monoisotopic (exact) mass is 213 g/mol. The van der Waals surface area contributed by atoms with Gasteiger partial charge in [0.1, 0.15) is 0 Å². The number of nitrogens with two attached hydrogens (primary N) is 1. The fourth-order valence-corrected chi connectivity index (χ4v) is 1.99. The Labute approximate surface area is 87.9 Å². The zero-order valence-corrected chi connectivity index (χ0v) is 8.92. The molecule has 4 N–H and O–H groups in total. The van der Waals surface area contributed by atoms with Crippen molar-refractivity contribution in [3.05, 3.63) is 23.8 Å². The van der Waals surface area contributed by atoms with Crippen molar-refractivity contribution < 1.29 is 10.2 Å². The number of aliphatic hydroxyl groups is 2.